The molecule has 0 fully saturated rings. The Balaban J connectivity index is 1.55. The summed E-state index contributed by atoms with van der Waals surface area (Å²) in [7, 11) is 1.62. The van der Waals surface area contributed by atoms with E-state index in [1.165, 1.54) is 11.1 Å². The van der Waals surface area contributed by atoms with Crippen LogP contribution in [0.15, 0.2) is 48.5 Å². The summed E-state index contributed by atoms with van der Waals surface area (Å²) in [5, 5.41) is 10.3. The van der Waals surface area contributed by atoms with Gasteiger partial charge < -0.3 is 10.1 Å². The first-order valence-corrected chi connectivity index (χ1v) is 10.1. The largest absolute Gasteiger partial charge is 0.497 e. The topological polar surface area (TPSA) is 71.9 Å². The first-order valence-electron chi connectivity index (χ1n) is 9.73. The number of carbonyl (C=O) groups excluding carboxylic acids is 1. The van der Waals surface area contributed by atoms with Crippen molar-refractivity contribution in [1.82, 2.24) is 20.1 Å². The highest BCUT2D eigenvalue weighted by molar-refractivity contribution is 7.71. The van der Waals surface area contributed by atoms with Crippen molar-refractivity contribution in [3.63, 3.8) is 0 Å². The lowest BCUT2D eigenvalue weighted by atomic mass is 9.80. The zero-order chi connectivity index (χ0) is 20.4. The fraction of sp³-hybridized carbons (Fsp3) is 0.318. The number of ether oxygens (including phenoxy) is 1. The van der Waals surface area contributed by atoms with Crippen molar-refractivity contribution in [3.8, 4) is 17.1 Å². The van der Waals surface area contributed by atoms with Crippen molar-refractivity contribution in [2.75, 3.05) is 7.11 Å². The average Bonchev–Trinajstić information content (AvgIpc) is 3.10. The van der Waals surface area contributed by atoms with E-state index in [9.17, 15) is 4.79 Å². The standard InChI is InChI=1S/C22H24N4O2S/c1-14-7-8-15-5-3-4-6-18(15)20(14)23-19(27)13-26-21(24-25-22(26)29)16-9-11-17(28-2)12-10-16/h3-6,9-12,14,20H,7-8,13H2,1-2H3,(H,23,27)(H,25,29)/t14-,20-/m0/s1. The Morgan fingerprint density at radius 3 is 2.79 bits per heavy atom. The molecule has 3 aromatic rings. The molecule has 0 unspecified atom stereocenters. The second kappa shape index (κ2) is 8.21. The second-order valence-corrected chi connectivity index (χ2v) is 7.81. The average molecular weight is 409 g/mol. The summed E-state index contributed by atoms with van der Waals surface area (Å²) in [4.78, 5) is 12.9. The minimum atomic E-state index is -0.0779. The fourth-order valence-electron chi connectivity index (χ4n) is 3.93. The number of benzene rings is 2. The molecule has 0 saturated heterocycles. The number of fused-ring (bicyclic) bond motifs is 1. The molecular formula is C22H24N4O2S. The summed E-state index contributed by atoms with van der Waals surface area (Å²) in [6.07, 6.45) is 2.11. The molecule has 4 rings (SSSR count). The minimum absolute atomic E-state index is 0.0120. The van der Waals surface area contributed by atoms with Crippen LogP contribution in [0.2, 0.25) is 0 Å². The molecule has 7 heteroatoms. The van der Waals surface area contributed by atoms with Gasteiger partial charge in [-0.15, -0.1) is 0 Å². The molecule has 1 amide bonds. The Morgan fingerprint density at radius 2 is 2.03 bits per heavy atom. The van der Waals surface area contributed by atoms with E-state index in [-0.39, 0.29) is 18.5 Å². The van der Waals surface area contributed by atoms with E-state index in [4.69, 9.17) is 17.0 Å². The zero-order valence-electron chi connectivity index (χ0n) is 16.5. The van der Waals surface area contributed by atoms with Crippen LogP contribution in [0.25, 0.3) is 11.4 Å². The van der Waals surface area contributed by atoms with Crippen LogP contribution < -0.4 is 10.1 Å². The van der Waals surface area contributed by atoms with Gasteiger partial charge in [0.2, 0.25) is 5.91 Å². The zero-order valence-corrected chi connectivity index (χ0v) is 17.3. The van der Waals surface area contributed by atoms with Gasteiger partial charge >= 0.3 is 0 Å². The number of hydrogen-bond acceptors (Lipinski definition) is 4. The van der Waals surface area contributed by atoms with Crippen LogP contribution in [-0.2, 0) is 17.8 Å². The Hall–Kier alpha value is -2.93. The molecule has 150 valence electrons. The molecule has 1 aliphatic carbocycles. The van der Waals surface area contributed by atoms with Crippen LogP contribution in [-0.4, -0.2) is 27.8 Å². The Labute approximate surface area is 174 Å². The number of aromatic amines is 1. The number of nitrogens with zero attached hydrogens (tertiary/aromatic N) is 2. The highest BCUT2D eigenvalue weighted by Gasteiger charge is 2.27. The van der Waals surface area contributed by atoms with Gasteiger partial charge in [0.25, 0.3) is 0 Å². The van der Waals surface area contributed by atoms with Gasteiger partial charge in [0.15, 0.2) is 10.6 Å². The summed E-state index contributed by atoms with van der Waals surface area (Å²) in [5.74, 6) is 1.69. The molecular weight excluding hydrogens is 384 g/mol. The van der Waals surface area contributed by atoms with Gasteiger partial charge in [0, 0.05) is 5.56 Å². The Morgan fingerprint density at radius 1 is 1.28 bits per heavy atom. The molecule has 1 aromatic heterocycles. The fourth-order valence-corrected chi connectivity index (χ4v) is 4.13. The van der Waals surface area contributed by atoms with E-state index in [0.29, 0.717) is 16.5 Å². The Kier molecular flexibility index (Phi) is 5.49. The molecule has 29 heavy (non-hydrogen) atoms. The summed E-state index contributed by atoms with van der Waals surface area (Å²) < 4.78 is 7.36. The molecule has 0 bridgehead atoms. The van der Waals surface area contributed by atoms with E-state index in [1.54, 1.807) is 11.7 Å². The smallest absolute Gasteiger partial charge is 0.240 e. The van der Waals surface area contributed by atoms with Crippen LogP contribution >= 0.6 is 12.2 Å². The molecule has 0 radical (unpaired) electrons. The number of H-pyrrole nitrogens is 1. The third-order valence-corrected chi connectivity index (χ3v) is 5.86. The van der Waals surface area contributed by atoms with Gasteiger partial charge in [-0.3, -0.25) is 14.5 Å². The molecule has 1 aliphatic rings. The van der Waals surface area contributed by atoms with Crippen molar-refractivity contribution in [2.24, 2.45) is 5.92 Å². The van der Waals surface area contributed by atoms with Crippen LogP contribution in [0.5, 0.6) is 5.75 Å². The summed E-state index contributed by atoms with van der Waals surface area (Å²) in [6, 6.07) is 15.9. The number of hydrogen-bond donors (Lipinski definition) is 2. The van der Waals surface area contributed by atoms with Crippen molar-refractivity contribution < 1.29 is 9.53 Å². The predicted octanol–water partition coefficient (Wildman–Crippen LogP) is 4.06. The lowest BCUT2D eigenvalue weighted by Gasteiger charge is -2.32. The van der Waals surface area contributed by atoms with E-state index in [1.807, 2.05) is 30.3 Å². The SMILES string of the molecule is COc1ccc(-c2n[nH]c(=S)n2CC(=O)N[C@@H]2c3ccccc3CC[C@@H]2C)cc1. The molecule has 0 saturated carbocycles. The molecule has 6 nitrogen and oxygen atoms in total. The molecule has 0 aliphatic heterocycles. The predicted molar refractivity (Wildman–Crippen MR) is 114 cm³/mol. The molecule has 2 aromatic carbocycles. The minimum Gasteiger partial charge on any atom is -0.497 e. The van der Waals surface area contributed by atoms with Gasteiger partial charge in [-0.05, 0) is 66.4 Å². The second-order valence-electron chi connectivity index (χ2n) is 7.43. The maximum atomic E-state index is 12.9. The third-order valence-electron chi connectivity index (χ3n) is 5.55. The maximum absolute atomic E-state index is 12.9. The van der Waals surface area contributed by atoms with Crippen molar-refractivity contribution in [2.45, 2.75) is 32.4 Å². The van der Waals surface area contributed by atoms with Crippen LogP contribution in [0.3, 0.4) is 0 Å². The quantitative estimate of drug-likeness (QED) is 0.625. The lowest BCUT2D eigenvalue weighted by Crippen LogP contribution is -2.37. The molecule has 2 atom stereocenters. The van der Waals surface area contributed by atoms with Gasteiger partial charge in [-0.25, -0.2) is 0 Å². The molecule has 1 heterocycles. The van der Waals surface area contributed by atoms with Gasteiger partial charge in [0.1, 0.15) is 12.3 Å². The molecule has 2 N–H and O–H groups in total. The van der Waals surface area contributed by atoms with Crippen molar-refractivity contribution in [1.29, 1.82) is 0 Å². The number of rotatable bonds is 5. The number of nitrogens with one attached hydrogen (secondary N) is 2. The lowest BCUT2D eigenvalue weighted by molar-refractivity contribution is -0.122. The summed E-state index contributed by atoms with van der Waals surface area (Å²) >= 11 is 5.37. The Bertz CT molecular complexity index is 1070. The first kappa shape index (κ1) is 19.4. The number of amides is 1. The van der Waals surface area contributed by atoms with E-state index in [0.717, 1.165) is 24.2 Å². The highest BCUT2D eigenvalue weighted by Crippen LogP contribution is 2.34. The van der Waals surface area contributed by atoms with Crippen molar-refractivity contribution >= 4 is 18.1 Å². The first-order chi connectivity index (χ1) is 14.1. The van der Waals surface area contributed by atoms with Crippen LogP contribution in [0.4, 0.5) is 0 Å². The maximum Gasteiger partial charge on any atom is 0.240 e. The van der Waals surface area contributed by atoms with Gasteiger partial charge in [-0.1, -0.05) is 31.2 Å². The van der Waals surface area contributed by atoms with Gasteiger partial charge in [0.05, 0.1) is 13.2 Å². The number of aryl methyl sites for hydroxylation is 1. The third kappa shape index (κ3) is 3.96. The number of carbonyl (C=O) groups is 1. The summed E-state index contributed by atoms with van der Waals surface area (Å²) in [5.41, 5.74) is 3.39. The normalized spacial score (nSPS) is 18.1. The van der Waals surface area contributed by atoms with E-state index in [2.05, 4.69) is 40.6 Å². The number of methoxy groups -OCH3 is 1. The van der Waals surface area contributed by atoms with Crippen molar-refractivity contribution in [3.05, 3.63) is 64.4 Å². The highest BCUT2D eigenvalue weighted by atomic mass is 32.1. The summed E-state index contributed by atoms with van der Waals surface area (Å²) in [6.45, 7) is 2.30. The van der Waals surface area contributed by atoms with Crippen LogP contribution in [0, 0.1) is 10.7 Å². The monoisotopic (exact) mass is 408 g/mol. The van der Waals surface area contributed by atoms with Gasteiger partial charge in [-0.2, -0.15) is 5.10 Å². The van der Waals surface area contributed by atoms with E-state index >= 15 is 0 Å². The van der Waals surface area contributed by atoms with Crippen LogP contribution in [0.1, 0.15) is 30.5 Å². The van der Waals surface area contributed by atoms with E-state index < -0.39 is 0 Å². The molecule has 0 spiro atoms. The number of aromatic nitrogens is 3.